The van der Waals surface area contributed by atoms with Crippen molar-refractivity contribution in [3.8, 4) is 5.75 Å². The van der Waals surface area contributed by atoms with Crippen molar-refractivity contribution in [1.82, 2.24) is 10.2 Å². The van der Waals surface area contributed by atoms with Gasteiger partial charge in [-0.05, 0) is 37.5 Å². The van der Waals surface area contributed by atoms with Gasteiger partial charge in [0.05, 0.1) is 0 Å². The lowest BCUT2D eigenvalue weighted by molar-refractivity contribution is -0.132. The number of nitrogens with zero attached hydrogens (tertiary/aromatic N) is 1. The first kappa shape index (κ1) is 18.0. The predicted molar refractivity (Wildman–Crippen MR) is 102 cm³/mol. The van der Waals surface area contributed by atoms with Crippen molar-refractivity contribution in [2.75, 3.05) is 19.7 Å². The number of carbonyl (C=O) groups excluding carboxylic acids is 1. The van der Waals surface area contributed by atoms with Crippen LogP contribution < -0.4 is 10.1 Å². The Labute approximate surface area is 153 Å². The summed E-state index contributed by atoms with van der Waals surface area (Å²) in [5, 5.41) is 3.47. The van der Waals surface area contributed by atoms with E-state index < -0.39 is 0 Å². The van der Waals surface area contributed by atoms with Gasteiger partial charge in [0, 0.05) is 41.5 Å². The van der Waals surface area contributed by atoms with Crippen LogP contribution in [-0.4, -0.2) is 30.5 Å². The molecule has 0 unspecified atom stereocenters. The summed E-state index contributed by atoms with van der Waals surface area (Å²) in [4.78, 5) is 16.8. The minimum atomic E-state index is 0.0888. The van der Waals surface area contributed by atoms with E-state index in [-0.39, 0.29) is 12.5 Å². The molecule has 0 saturated carbocycles. The molecule has 2 heterocycles. The average Bonchev–Trinajstić information content (AvgIpc) is 3.32. The molecule has 3 rings (SSSR count). The van der Waals surface area contributed by atoms with Crippen molar-refractivity contribution in [3.63, 3.8) is 0 Å². The van der Waals surface area contributed by atoms with E-state index in [1.165, 1.54) is 9.75 Å². The van der Waals surface area contributed by atoms with Crippen LogP contribution in [0.25, 0.3) is 0 Å². The number of carbonyl (C=O) groups is 1. The highest BCUT2D eigenvalue weighted by atomic mass is 32.1. The highest BCUT2D eigenvalue weighted by Gasteiger charge is 2.18. The second kappa shape index (κ2) is 9.02. The van der Waals surface area contributed by atoms with E-state index in [0.29, 0.717) is 0 Å². The molecule has 1 fully saturated rings. The number of para-hydroxylation sites is 1. The number of nitrogens with one attached hydrogen (secondary N) is 1. The van der Waals surface area contributed by atoms with E-state index in [1.807, 2.05) is 34.4 Å². The van der Waals surface area contributed by atoms with E-state index >= 15 is 0 Å². The number of rotatable bonds is 8. The van der Waals surface area contributed by atoms with Crippen LogP contribution in [0.3, 0.4) is 0 Å². The zero-order valence-electron chi connectivity index (χ0n) is 14.8. The summed E-state index contributed by atoms with van der Waals surface area (Å²) in [5.41, 5.74) is 1.09. The molecule has 2 aromatic rings. The zero-order valence-corrected chi connectivity index (χ0v) is 15.6. The number of hydrogen-bond donors (Lipinski definition) is 1. The lowest BCUT2D eigenvalue weighted by atomic mass is 10.2. The molecule has 4 nitrogen and oxygen atoms in total. The predicted octanol–water partition coefficient (Wildman–Crippen LogP) is 3.60. The van der Waals surface area contributed by atoms with Gasteiger partial charge in [-0.2, -0.15) is 0 Å². The number of thiophene rings is 1. The summed E-state index contributed by atoms with van der Waals surface area (Å²) in [7, 11) is 0. The third-order valence-corrected chi connectivity index (χ3v) is 5.69. The fraction of sp³-hybridized carbons (Fsp3) is 0.450. The quantitative estimate of drug-likeness (QED) is 0.784. The fourth-order valence-corrected chi connectivity index (χ4v) is 3.94. The van der Waals surface area contributed by atoms with Gasteiger partial charge < -0.3 is 15.0 Å². The lowest BCUT2D eigenvalue weighted by Gasteiger charge is -2.17. The highest BCUT2D eigenvalue weighted by Crippen LogP contribution is 2.20. The number of benzene rings is 1. The third-order valence-electron chi connectivity index (χ3n) is 4.46. The van der Waals surface area contributed by atoms with Crippen molar-refractivity contribution in [1.29, 1.82) is 0 Å². The van der Waals surface area contributed by atoms with Crippen LogP contribution in [0.15, 0.2) is 36.4 Å². The van der Waals surface area contributed by atoms with Crippen LogP contribution in [-0.2, 0) is 24.3 Å². The number of ether oxygens (including phenoxy) is 1. The van der Waals surface area contributed by atoms with E-state index in [9.17, 15) is 4.79 Å². The minimum Gasteiger partial charge on any atom is -0.483 e. The Hall–Kier alpha value is -1.85. The molecule has 0 spiro atoms. The molecule has 1 aliphatic rings. The molecule has 134 valence electrons. The number of aryl methyl sites for hydroxylation is 1. The fourth-order valence-electron chi connectivity index (χ4n) is 3.02. The van der Waals surface area contributed by atoms with E-state index in [2.05, 4.69) is 30.4 Å². The number of hydrogen-bond acceptors (Lipinski definition) is 4. The first-order valence-electron chi connectivity index (χ1n) is 9.03. The number of likely N-dealkylation sites (tertiary alicyclic amines) is 1. The van der Waals surface area contributed by atoms with Crippen molar-refractivity contribution in [2.24, 2.45) is 0 Å². The van der Waals surface area contributed by atoms with Crippen LogP contribution in [0.2, 0.25) is 0 Å². The van der Waals surface area contributed by atoms with Gasteiger partial charge in [-0.25, -0.2) is 0 Å². The van der Waals surface area contributed by atoms with Gasteiger partial charge in [-0.1, -0.05) is 25.1 Å². The molecule has 25 heavy (non-hydrogen) atoms. The Kier molecular flexibility index (Phi) is 6.48. The van der Waals surface area contributed by atoms with Gasteiger partial charge in [-0.3, -0.25) is 4.79 Å². The Bertz CT molecular complexity index is 693. The highest BCUT2D eigenvalue weighted by molar-refractivity contribution is 7.11. The molecule has 1 N–H and O–H groups in total. The molecule has 1 aliphatic heterocycles. The molecular formula is C20H26N2O2S. The Balaban J connectivity index is 1.50. The summed E-state index contributed by atoms with van der Waals surface area (Å²) < 4.78 is 5.81. The first-order valence-corrected chi connectivity index (χ1v) is 9.84. The van der Waals surface area contributed by atoms with Gasteiger partial charge in [0.15, 0.2) is 6.61 Å². The Morgan fingerprint density at radius 2 is 1.88 bits per heavy atom. The van der Waals surface area contributed by atoms with Crippen LogP contribution in [0.4, 0.5) is 0 Å². The van der Waals surface area contributed by atoms with Gasteiger partial charge in [0.2, 0.25) is 0 Å². The van der Waals surface area contributed by atoms with Gasteiger partial charge in [-0.15, -0.1) is 11.3 Å². The van der Waals surface area contributed by atoms with Gasteiger partial charge in [0.25, 0.3) is 5.91 Å². The summed E-state index contributed by atoms with van der Waals surface area (Å²) in [6.07, 6.45) is 3.30. The summed E-state index contributed by atoms with van der Waals surface area (Å²) in [6.45, 7) is 5.62. The molecular weight excluding hydrogens is 332 g/mol. The monoisotopic (exact) mass is 358 g/mol. The van der Waals surface area contributed by atoms with Gasteiger partial charge in [0.1, 0.15) is 5.75 Å². The van der Waals surface area contributed by atoms with E-state index in [4.69, 9.17) is 4.74 Å². The molecule has 1 saturated heterocycles. The van der Waals surface area contributed by atoms with Crippen LogP contribution in [0.5, 0.6) is 5.75 Å². The van der Waals surface area contributed by atoms with Gasteiger partial charge >= 0.3 is 0 Å². The van der Waals surface area contributed by atoms with E-state index in [1.54, 1.807) is 0 Å². The average molecular weight is 359 g/mol. The normalized spacial score (nSPS) is 14.0. The van der Waals surface area contributed by atoms with Crippen molar-refractivity contribution in [3.05, 3.63) is 51.7 Å². The first-order chi connectivity index (χ1) is 12.3. The van der Waals surface area contributed by atoms with Crippen LogP contribution in [0, 0.1) is 0 Å². The number of amides is 1. The molecule has 1 amide bonds. The molecule has 5 heteroatoms. The Morgan fingerprint density at radius 1 is 1.12 bits per heavy atom. The maximum absolute atomic E-state index is 12.1. The largest absolute Gasteiger partial charge is 0.483 e. The zero-order chi connectivity index (χ0) is 17.5. The molecule has 1 aromatic heterocycles. The summed E-state index contributed by atoms with van der Waals surface area (Å²) >= 11 is 1.86. The molecule has 0 aliphatic carbocycles. The maximum Gasteiger partial charge on any atom is 0.260 e. The second-order valence-electron chi connectivity index (χ2n) is 6.31. The van der Waals surface area contributed by atoms with Crippen LogP contribution >= 0.6 is 11.3 Å². The molecule has 0 atom stereocenters. The summed E-state index contributed by atoms with van der Waals surface area (Å²) in [6, 6.07) is 12.3. The summed E-state index contributed by atoms with van der Waals surface area (Å²) in [5.74, 6) is 0.883. The van der Waals surface area contributed by atoms with Crippen molar-refractivity contribution >= 4 is 17.2 Å². The standard InChI is InChI=1S/C20H26N2O2S/c1-2-17-9-10-18(25-17)14-21-13-16-7-3-4-8-19(16)24-15-20(23)22-11-5-6-12-22/h3-4,7-10,21H,2,5-6,11-15H2,1H3. The molecule has 1 aromatic carbocycles. The van der Waals surface area contributed by atoms with Crippen LogP contribution in [0.1, 0.15) is 35.1 Å². The topological polar surface area (TPSA) is 41.6 Å². The smallest absolute Gasteiger partial charge is 0.260 e. The van der Waals surface area contributed by atoms with Crippen molar-refractivity contribution < 1.29 is 9.53 Å². The third kappa shape index (κ3) is 5.06. The molecule has 0 bridgehead atoms. The lowest BCUT2D eigenvalue weighted by Crippen LogP contribution is -2.32. The SMILES string of the molecule is CCc1ccc(CNCc2ccccc2OCC(=O)N2CCCC2)s1. The van der Waals surface area contributed by atoms with Crippen molar-refractivity contribution in [2.45, 2.75) is 39.3 Å². The minimum absolute atomic E-state index is 0.0888. The van der Waals surface area contributed by atoms with E-state index in [0.717, 1.165) is 56.8 Å². The maximum atomic E-state index is 12.1. The molecule has 0 radical (unpaired) electrons. The second-order valence-corrected chi connectivity index (χ2v) is 7.56. The Morgan fingerprint density at radius 3 is 2.64 bits per heavy atom.